The minimum atomic E-state index is -0.427. The molecule has 0 saturated heterocycles. The molecule has 0 aliphatic rings. The minimum Gasteiger partial charge on any atom is -0.468 e. The molecular formula is C14H13NO4. The van der Waals surface area contributed by atoms with Crippen LogP contribution in [0, 0.1) is 10.1 Å². The molecule has 0 saturated carbocycles. The third-order valence-corrected chi connectivity index (χ3v) is 2.47. The summed E-state index contributed by atoms with van der Waals surface area (Å²) in [7, 11) is 0. The number of hydrogen-bond donors (Lipinski definition) is 0. The Kier molecular flexibility index (Phi) is 4.47. The van der Waals surface area contributed by atoms with Gasteiger partial charge in [-0.1, -0.05) is 18.2 Å². The number of nitro benzene ring substituents is 1. The molecule has 0 atom stereocenters. The van der Waals surface area contributed by atoms with Crippen LogP contribution in [0.25, 0.3) is 0 Å². The third-order valence-electron chi connectivity index (χ3n) is 2.47. The van der Waals surface area contributed by atoms with Gasteiger partial charge in [0.25, 0.3) is 5.69 Å². The summed E-state index contributed by atoms with van der Waals surface area (Å²) < 4.78 is 10.7. The van der Waals surface area contributed by atoms with E-state index in [4.69, 9.17) is 9.47 Å². The van der Waals surface area contributed by atoms with Crippen molar-refractivity contribution in [3.8, 4) is 5.75 Å². The molecule has 0 heterocycles. The zero-order valence-electron chi connectivity index (χ0n) is 10.2. The molecule has 0 unspecified atom stereocenters. The van der Waals surface area contributed by atoms with Gasteiger partial charge in [-0.2, -0.15) is 0 Å². The van der Waals surface area contributed by atoms with Crippen LogP contribution in [-0.4, -0.2) is 11.7 Å². The fraction of sp³-hybridized carbons (Fsp3) is 0.143. The number of hydrogen-bond acceptors (Lipinski definition) is 4. The first-order valence-corrected chi connectivity index (χ1v) is 5.74. The van der Waals surface area contributed by atoms with Gasteiger partial charge < -0.3 is 9.47 Å². The summed E-state index contributed by atoms with van der Waals surface area (Å²) in [6, 6.07) is 15.6. The van der Waals surface area contributed by atoms with Gasteiger partial charge in [0.05, 0.1) is 11.5 Å². The number of nitrogens with zero attached hydrogens (tertiary/aromatic N) is 1. The van der Waals surface area contributed by atoms with E-state index in [-0.39, 0.29) is 12.5 Å². The molecule has 0 aliphatic carbocycles. The van der Waals surface area contributed by atoms with Crippen molar-refractivity contribution in [2.75, 3.05) is 6.79 Å². The summed E-state index contributed by atoms with van der Waals surface area (Å²) >= 11 is 0. The van der Waals surface area contributed by atoms with E-state index in [1.807, 2.05) is 30.3 Å². The summed E-state index contributed by atoms with van der Waals surface area (Å²) in [6.45, 7) is 0.492. The number of rotatable bonds is 6. The van der Waals surface area contributed by atoms with Crippen molar-refractivity contribution in [1.29, 1.82) is 0 Å². The minimum absolute atomic E-state index is 0.0734. The van der Waals surface area contributed by atoms with Crippen LogP contribution in [0.1, 0.15) is 5.56 Å². The summed E-state index contributed by atoms with van der Waals surface area (Å²) in [4.78, 5) is 10.1. The second-order valence-electron chi connectivity index (χ2n) is 3.85. The van der Waals surface area contributed by atoms with E-state index in [0.717, 1.165) is 11.3 Å². The lowest BCUT2D eigenvalue weighted by Gasteiger charge is -2.06. The fourth-order valence-corrected chi connectivity index (χ4v) is 1.50. The molecule has 0 aromatic heterocycles. The number of ether oxygens (including phenoxy) is 2. The van der Waals surface area contributed by atoms with Crippen molar-refractivity contribution < 1.29 is 14.4 Å². The van der Waals surface area contributed by atoms with E-state index >= 15 is 0 Å². The van der Waals surface area contributed by atoms with Crippen LogP contribution in [0.3, 0.4) is 0 Å². The number of benzene rings is 2. The maximum absolute atomic E-state index is 10.5. The standard InChI is InChI=1S/C14H13NO4/c16-15(17)13-8-6-12(7-9-13)10-18-11-19-14-4-2-1-3-5-14/h1-9H,10-11H2. The molecule has 98 valence electrons. The molecule has 0 radical (unpaired) electrons. The maximum Gasteiger partial charge on any atom is 0.269 e. The Morgan fingerprint density at radius 3 is 2.32 bits per heavy atom. The largest absolute Gasteiger partial charge is 0.468 e. The van der Waals surface area contributed by atoms with Crippen LogP contribution < -0.4 is 4.74 Å². The first-order valence-electron chi connectivity index (χ1n) is 5.74. The summed E-state index contributed by atoms with van der Waals surface area (Å²) in [5.41, 5.74) is 0.937. The molecule has 0 amide bonds. The zero-order valence-corrected chi connectivity index (χ0v) is 10.2. The Morgan fingerprint density at radius 1 is 1.00 bits per heavy atom. The summed E-state index contributed by atoms with van der Waals surface area (Å²) in [6.07, 6.45) is 0. The SMILES string of the molecule is O=[N+]([O-])c1ccc(COCOc2ccccc2)cc1. The van der Waals surface area contributed by atoms with Gasteiger partial charge in [0.1, 0.15) is 5.75 Å². The van der Waals surface area contributed by atoms with Gasteiger partial charge in [0.15, 0.2) is 6.79 Å². The zero-order chi connectivity index (χ0) is 13.5. The van der Waals surface area contributed by atoms with Gasteiger partial charge in [-0.3, -0.25) is 10.1 Å². The Bertz CT molecular complexity index is 525. The lowest BCUT2D eigenvalue weighted by Crippen LogP contribution is -2.02. The molecule has 5 nitrogen and oxygen atoms in total. The first-order chi connectivity index (χ1) is 9.25. The monoisotopic (exact) mass is 259 g/mol. The van der Waals surface area contributed by atoms with Crippen LogP contribution >= 0.6 is 0 Å². The van der Waals surface area contributed by atoms with Gasteiger partial charge in [0.2, 0.25) is 0 Å². The van der Waals surface area contributed by atoms with Crippen molar-refractivity contribution in [2.24, 2.45) is 0 Å². The van der Waals surface area contributed by atoms with Gasteiger partial charge in [-0.05, 0) is 29.8 Å². The van der Waals surface area contributed by atoms with Crippen molar-refractivity contribution in [3.05, 3.63) is 70.3 Å². The fourth-order valence-electron chi connectivity index (χ4n) is 1.50. The highest BCUT2D eigenvalue weighted by atomic mass is 16.7. The van der Waals surface area contributed by atoms with Gasteiger partial charge in [-0.15, -0.1) is 0 Å². The van der Waals surface area contributed by atoms with Crippen molar-refractivity contribution in [1.82, 2.24) is 0 Å². The average Bonchev–Trinajstić information content (AvgIpc) is 2.45. The molecule has 19 heavy (non-hydrogen) atoms. The van der Waals surface area contributed by atoms with E-state index in [1.165, 1.54) is 12.1 Å². The molecular weight excluding hydrogens is 246 g/mol. The Balaban J connectivity index is 1.75. The topological polar surface area (TPSA) is 61.6 Å². The van der Waals surface area contributed by atoms with E-state index in [2.05, 4.69) is 0 Å². The van der Waals surface area contributed by atoms with E-state index < -0.39 is 4.92 Å². The number of non-ortho nitro benzene ring substituents is 1. The second-order valence-corrected chi connectivity index (χ2v) is 3.85. The van der Waals surface area contributed by atoms with Gasteiger partial charge in [-0.25, -0.2) is 0 Å². The van der Waals surface area contributed by atoms with E-state index in [9.17, 15) is 10.1 Å². The predicted octanol–water partition coefficient (Wildman–Crippen LogP) is 3.15. The molecule has 2 rings (SSSR count). The molecule has 2 aromatic rings. The Morgan fingerprint density at radius 2 is 1.68 bits per heavy atom. The highest BCUT2D eigenvalue weighted by molar-refractivity contribution is 5.32. The smallest absolute Gasteiger partial charge is 0.269 e. The lowest BCUT2D eigenvalue weighted by molar-refractivity contribution is -0.384. The predicted molar refractivity (Wildman–Crippen MR) is 69.8 cm³/mol. The van der Waals surface area contributed by atoms with Crippen LogP contribution in [0.4, 0.5) is 5.69 Å². The van der Waals surface area contributed by atoms with Crippen LogP contribution in [0.5, 0.6) is 5.75 Å². The van der Waals surface area contributed by atoms with E-state index in [1.54, 1.807) is 12.1 Å². The van der Waals surface area contributed by atoms with Crippen molar-refractivity contribution in [2.45, 2.75) is 6.61 Å². The Hall–Kier alpha value is -2.40. The maximum atomic E-state index is 10.5. The van der Waals surface area contributed by atoms with Gasteiger partial charge >= 0.3 is 0 Å². The number of nitro groups is 1. The molecule has 5 heteroatoms. The van der Waals surface area contributed by atoms with Gasteiger partial charge in [0, 0.05) is 12.1 Å². The highest BCUT2D eigenvalue weighted by Gasteiger charge is 2.03. The van der Waals surface area contributed by atoms with Crippen molar-refractivity contribution >= 4 is 5.69 Å². The highest BCUT2D eigenvalue weighted by Crippen LogP contribution is 2.13. The molecule has 0 fully saturated rings. The number of para-hydroxylation sites is 1. The Labute approximate surface area is 110 Å². The van der Waals surface area contributed by atoms with Crippen LogP contribution in [0.2, 0.25) is 0 Å². The molecule has 0 aliphatic heterocycles. The lowest BCUT2D eigenvalue weighted by atomic mass is 10.2. The first kappa shape index (κ1) is 13.0. The molecule has 0 N–H and O–H groups in total. The molecule has 0 bridgehead atoms. The quantitative estimate of drug-likeness (QED) is 0.346. The average molecular weight is 259 g/mol. The molecule has 2 aromatic carbocycles. The summed E-state index contributed by atoms with van der Waals surface area (Å²) in [5, 5.41) is 10.5. The summed E-state index contributed by atoms with van der Waals surface area (Å²) in [5.74, 6) is 0.742. The van der Waals surface area contributed by atoms with Crippen molar-refractivity contribution in [3.63, 3.8) is 0 Å². The van der Waals surface area contributed by atoms with E-state index in [0.29, 0.717) is 6.61 Å². The van der Waals surface area contributed by atoms with Crippen LogP contribution in [-0.2, 0) is 11.3 Å². The third kappa shape index (κ3) is 4.08. The normalized spacial score (nSPS) is 10.1. The molecule has 0 spiro atoms. The second kappa shape index (κ2) is 6.51. The van der Waals surface area contributed by atoms with Crippen LogP contribution in [0.15, 0.2) is 54.6 Å².